The van der Waals surface area contributed by atoms with E-state index in [1.165, 1.54) is 11.3 Å². The predicted octanol–water partition coefficient (Wildman–Crippen LogP) is 2.60. The zero-order valence-electron chi connectivity index (χ0n) is 8.39. The highest BCUT2D eigenvalue weighted by atomic mass is 35.5. The molecule has 0 spiro atoms. The number of aromatic nitrogens is 2. The highest BCUT2D eigenvalue weighted by molar-refractivity contribution is 6.19. The van der Waals surface area contributed by atoms with Crippen LogP contribution in [0.1, 0.15) is 17.0 Å². The Balaban J connectivity index is 2.90. The molecule has 0 N–H and O–H groups in total. The summed E-state index contributed by atoms with van der Waals surface area (Å²) in [6.07, 6.45) is 0. The SMILES string of the molecule is C=C(CCl)Cn1nc(C)c(C)c1C. The van der Waals surface area contributed by atoms with Crippen LogP contribution in [-0.4, -0.2) is 15.7 Å². The Morgan fingerprint density at radius 2 is 2.08 bits per heavy atom. The summed E-state index contributed by atoms with van der Waals surface area (Å²) in [7, 11) is 0. The number of alkyl halides is 1. The van der Waals surface area contributed by atoms with Crippen LogP contribution in [-0.2, 0) is 6.54 Å². The molecule has 13 heavy (non-hydrogen) atoms. The van der Waals surface area contributed by atoms with Gasteiger partial charge in [0.05, 0.1) is 12.2 Å². The molecule has 0 aromatic carbocycles. The van der Waals surface area contributed by atoms with Gasteiger partial charge in [0, 0.05) is 11.6 Å². The molecule has 0 atom stereocenters. The van der Waals surface area contributed by atoms with Gasteiger partial charge in [-0.15, -0.1) is 11.6 Å². The minimum atomic E-state index is 0.497. The van der Waals surface area contributed by atoms with Crippen molar-refractivity contribution in [2.75, 3.05) is 5.88 Å². The lowest BCUT2D eigenvalue weighted by atomic mass is 10.2. The third-order valence-electron chi connectivity index (χ3n) is 2.31. The minimum Gasteiger partial charge on any atom is -0.265 e. The highest BCUT2D eigenvalue weighted by Crippen LogP contribution is 2.12. The maximum atomic E-state index is 5.66. The van der Waals surface area contributed by atoms with Crippen LogP contribution < -0.4 is 0 Å². The molecule has 1 aromatic rings. The van der Waals surface area contributed by atoms with Crippen molar-refractivity contribution in [3.63, 3.8) is 0 Å². The first-order chi connectivity index (χ1) is 6.06. The molecule has 2 nitrogen and oxygen atoms in total. The lowest BCUT2D eigenvalue weighted by molar-refractivity contribution is 0.652. The van der Waals surface area contributed by atoms with Crippen molar-refractivity contribution in [1.29, 1.82) is 0 Å². The lowest BCUT2D eigenvalue weighted by Gasteiger charge is -2.04. The first-order valence-electron chi connectivity index (χ1n) is 4.29. The summed E-state index contributed by atoms with van der Waals surface area (Å²) >= 11 is 5.66. The molecule has 0 radical (unpaired) electrons. The average Bonchev–Trinajstić information content (AvgIpc) is 2.34. The minimum absolute atomic E-state index is 0.497. The first-order valence-corrected chi connectivity index (χ1v) is 4.83. The van der Waals surface area contributed by atoms with E-state index in [1.54, 1.807) is 0 Å². The third kappa shape index (κ3) is 2.13. The molecule has 0 aliphatic heterocycles. The largest absolute Gasteiger partial charge is 0.265 e. The fourth-order valence-corrected chi connectivity index (χ4v) is 1.28. The standard InChI is InChI=1S/C10H15ClN2/c1-7(5-11)6-13-10(4)8(2)9(3)12-13/h1,5-6H2,2-4H3. The van der Waals surface area contributed by atoms with Crippen molar-refractivity contribution in [1.82, 2.24) is 9.78 Å². The number of hydrogen-bond acceptors (Lipinski definition) is 1. The van der Waals surface area contributed by atoms with E-state index in [-0.39, 0.29) is 0 Å². The van der Waals surface area contributed by atoms with Crippen LogP contribution in [0.5, 0.6) is 0 Å². The molecule has 0 aliphatic carbocycles. The summed E-state index contributed by atoms with van der Waals surface area (Å²) in [6, 6.07) is 0. The second-order valence-electron chi connectivity index (χ2n) is 3.34. The monoisotopic (exact) mass is 198 g/mol. The van der Waals surface area contributed by atoms with Crippen LogP contribution in [0.4, 0.5) is 0 Å². The van der Waals surface area contributed by atoms with Crippen LogP contribution in [0, 0.1) is 20.8 Å². The number of hydrogen-bond donors (Lipinski definition) is 0. The number of allylic oxidation sites excluding steroid dienone is 1. The Labute approximate surface area is 84.2 Å². The lowest BCUT2D eigenvalue weighted by Crippen LogP contribution is -2.05. The zero-order chi connectivity index (χ0) is 10.0. The number of aryl methyl sites for hydroxylation is 1. The van der Waals surface area contributed by atoms with Crippen LogP contribution >= 0.6 is 11.6 Å². The van der Waals surface area contributed by atoms with E-state index >= 15 is 0 Å². The van der Waals surface area contributed by atoms with Crippen molar-refractivity contribution >= 4 is 11.6 Å². The summed E-state index contributed by atoms with van der Waals surface area (Å²) < 4.78 is 1.95. The van der Waals surface area contributed by atoms with E-state index in [0.717, 1.165) is 17.8 Å². The van der Waals surface area contributed by atoms with Crippen LogP contribution in [0.25, 0.3) is 0 Å². The molecule has 72 valence electrons. The summed E-state index contributed by atoms with van der Waals surface area (Å²) in [6.45, 7) is 10.7. The van der Waals surface area contributed by atoms with Crippen molar-refractivity contribution in [3.8, 4) is 0 Å². The molecule has 3 heteroatoms. The van der Waals surface area contributed by atoms with Gasteiger partial charge in [-0.25, -0.2) is 0 Å². The summed E-state index contributed by atoms with van der Waals surface area (Å²) in [4.78, 5) is 0. The van der Waals surface area contributed by atoms with Crippen LogP contribution in [0.15, 0.2) is 12.2 Å². The van der Waals surface area contributed by atoms with Gasteiger partial charge in [0.1, 0.15) is 0 Å². The molecule has 0 bridgehead atoms. The fourth-order valence-electron chi connectivity index (χ4n) is 1.19. The van der Waals surface area contributed by atoms with E-state index in [1.807, 2.05) is 11.6 Å². The van der Waals surface area contributed by atoms with Crippen molar-refractivity contribution < 1.29 is 0 Å². The molecule has 0 saturated carbocycles. The molecule has 0 unspecified atom stereocenters. The van der Waals surface area contributed by atoms with E-state index in [9.17, 15) is 0 Å². The molecule has 1 aromatic heterocycles. The molecule has 0 aliphatic rings. The van der Waals surface area contributed by atoms with E-state index < -0.39 is 0 Å². The number of halogens is 1. The molecule has 1 heterocycles. The second-order valence-corrected chi connectivity index (χ2v) is 3.60. The first kappa shape index (κ1) is 10.3. The van der Waals surface area contributed by atoms with Gasteiger partial charge >= 0.3 is 0 Å². The normalized spacial score (nSPS) is 10.5. The maximum absolute atomic E-state index is 5.66. The van der Waals surface area contributed by atoms with E-state index in [2.05, 4.69) is 25.5 Å². The molecule has 0 fully saturated rings. The predicted molar refractivity (Wildman–Crippen MR) is 56.3 cm³/mol. The van der Waals surface area contributed by atoms with Crippen LogP contribution in [0.3, 0.4) is 0 Å². The number of nitrogens with zero attached hydrogens (tertiary/aromatic N) is 2. The Bertz CT molecular complexity index is 326. The Morgan fingerprint density at radius 3 is 2.46 bits per heavy atom. The molecular weight excluding hydrogens is 184 g/mol. The van der Waals surface area contributed by atoms with Gasteiger partial charge in [0.15, 0.2) is 0 Å². The zero-order valence-corrected chi connectivity index (χ0v) is 9.15. The van der Waals surface area contributed by atoms with Gasteiger partial charge in [0.25, 0.3) is 0 Å². The maximum Gasteiger partial charge on any atom is 0.0631 e. The number of rotatable bonds is 3. The second kappa shape index (κ2) is 3.97. The Morgan fingerprint density at radius 1 is 1.46 bits per heavy atom. The smallest absolute Gasteiger partial charge is 0.0631 e. The summed E-state index contributed by atoms with van der Waals surface area (Å²) in [5, 5.41) is 4.39. The van der Waals surface area contributed by atoms with Gasteiger partial charge in [-0.2, -0.15) is 5.10 Å². The average molecular weight is 199 g/mol. The highest BCUT2D eigenvalue weighted by Gasteiger charge is 2.06. The van der Waals surface area contributed by atoms with Gasteiger partial charge in [-0.05, 0) is 31.9 Å². The van der Waals surface area contributed by atoms with E-state index in [4.69, 9.17) is 11.6 Å². The van der Waals surface area contributed by atoms with Crippen LogP contribution in [0.2, 0.25) is 0 Å². The Hall–Kier alpha value is -0.760. The molecule has 0 saturated heterocycles. The van der Waals surface area contributed by atoms with Crippen molar-refractivity contribution in [2.24, 2.45) is 0 Å². The van der Waals surface area contributed by atoms with Gasteiger partial charge in [-0.1, -0.05) is 6.58 Å². The van der Waals surface area contributed by atoms with Crippen molar-refractivity contribution in [2.45, 2.75) is 27.3 Å². The topological polar surface area (TPSA) is 17.8 Å². The Kier molecular flexibility index (Phi) is 3.15. The van der Waals surface area contributed by atoms with Crippen molar-refractivity contribution in [3.05, 3.63) is 29.1 Å². The van der Waals surface area contributed by atoms with E-state index in [0.29, 0.717) is 5.88 Å². The molecule has 0 amide bonds. The van der Waals surface area contributed by atoms with Gasteiger partial charge in [-0.3, -0.25) is 4.68 Å². The summed E-state index contributed by atoms with van der Waals surface area (Å²) in [5.74, 6) is 0.497. The van der Waals surface area contributed by atoms with Gasteiger partial charge in [0.2, 0.25) is 0 Å². The summed E-state index contributed by atoms with van der Waals surface area (Å²) in [5.41, 5.74) is 4.53. The molecule has 1 rings (SSSR count). The molecular formula is C10H15ClN2. The quantitative estimate of drug-likeness (QED) is 0.539. The fraction of sp³-hybridized carbons (Fsp3) is 0.500. The third-order valence-corrected chi connectivity index (χ3v) is 2.68. The van der Waals surface area contributed by atoms with Gasteiger partial charge < -0.3 is 0 Å².